The van der Waals surface area contributed by atoms with E-state index in [1.807, 2.05) is 24.3 Å². The van der Waals surface area contributed by atoms with Gasteiger partial charge in [-0.3, -0.25) is 0 Å². The number of pyridine rings is 1. The SMILES string of the molecule is CCOC(=O)/C=C/c1cc2cc(Br)ccc2nc1Cl. The number of fused-ring (bicyclic) bond motifs is 1. The van der Waals surface area contributed by atoms with Crippen LogP contribution in [0.1, 0.15) is 12.5 Å². The second-order valence-corrected chi connectivity index (χ2v) is 5.06. The van der Waals surface area contributed by atoms with Crippen LogP contribution < -0.4 is 0 Å². The second kappa shape index (κ2) is 6.17. The average molecular weight is 341 g/mol. The molecule has 0 amide bonds. The van der Waals surface area contributed by atoms with E-state index in [1.165, 1.54) is 6.08 Å². The molecule has 1 aromatic heterocycles. The molecule has 0 bridgehead atoms. The Morgan fingerprint density at radius 3 is 3.00 bits per heavy atom. The van der Waals surface area contributed by atoms with Crippen LogP contribution in [-0.2, 0) is 9.53 Å². The number of esters is 1. The molecular weight excluding hydrogens is 330 g/mol. The van der Waals surface area contributed by atoms with E-state index in [2.05, 4.69) is 20.9 Å². The zero-order valence-electron chi connectivity index (χ0n) is 10.2. The molecule has 0 spiro atoms. The van der Waals surface area contributed by atoms with Gasteiger partial charge >= 0.3 is 5.97 Å². The van der Waals surface area contributed by atoms with Crippen molar-refractivity contribution in [3.63, 3.8) is 0 Å². The Labute approximate surface area is 124 Å². The van der Waals surface area contributed by atoms with Gasteiger partial charge in [0.1, 0.15) is 5.15 Å². The summed E-state index contributed by atoms with van der Waals surface area (Å²) in [6.07, 6.45) is 2.95. The smallest absolute Gasteiger partial charge is 0.330 e. The van der Waals surface area contributed by atoms with Crippen molar-refractivity contribution in [3.05, 3.63) is 45.5 Å². The standard InChI is InChI=1S/C14H11BrClNO2/c1-2-19-13(18)6-3-9-7-10-8-11(15)4-5-12(10)17-14(9)16/h3-8H,2H2,1H3/b6-3+. The van der Waals surface area contributed by atoms with Gasteiger partial charge in [0.2, 0.25) is 0 Å². The number of rotatable bonds is 3. The minimum absolute atomic E-state index is 0.347. The van der Waals surface area contributed by atoms with Gasteiger partial charge in [0.25, 0.3) is 0 Å². The van der Waals surface area contributed by atoms with Crippen molar-refractivity contribution in [2.75, 3.05) is 6.61 Å². The molecule has 0 atom stereocenters. The molecule has 5 heteroatoms. The molecule has 1 heterocycles. The number of carbonyl (C=O) groups excluding carboxylic acids is 1. The van der Waals surface area contributed by atoms with Crippen LogP contribution in [0, 0.1) is 0 Å². The maximum absolute atomic E-state index is 11.3. The highest BCUT2D eigenvalue weighted by molar-refractivity contribution is 9.10. The minimum Gasteiger partial charge on any atom is -0.463 e. The Morgan fingerprint density at radius 1 is 1.47 bits per heavy atom. The number of carbonyl (C=O) groups is 1. The lowest BCUT2D eigenvalue weighted by molar-refractivity contribution is -0.137. The highest BCUT2D eigenvalue weighted by atomic mass is 79.9. The van der Waals surface area contributed by atoms with E-state index >= 15 is 0 Å². The van der Waals surface area contributed by atoms with Crippen molar-refractivity contribution in [3.8, 4) is 0 Å². The fourth-order valence-electron chi connectivity index (χ4n) is 1.61. The molecule has 0 aliphatic rings. The summed E-state index contributed by atoms with van der Waals surface area (Å²) in [5, 5.41) is 1.30. The van der Waals surface area contributed by atoms with E-state index in [9.17, 15) is 4.79 Å². The first-order valence-corrected chi connectivity index (χ1v) is 6.88. The molecule has 0 fully saturated rings. The van der Waals surface area contributed by atoms with Crippen LogP contribution in [0.15, 0.2) is 34.8 Å². The van der Waals surface area contributed by atoms with Crippen molar-refractivity contribution >= 4 is 50.5 Å². The zero-order chi connectivity index (χ0) is 13.8. The summed E-state index contributed by atoms with van der Waals surface area (Å²) in [5.41, 5.74) is 1.49. The number of hydrogen-bond donors (Lipinski definition) is 0. The van der Waals surface area contributed by atoms with Crippen LogP contribution in [0.25, 0.3) is 17.0 Å². The molecule has 1 aromatic carbocycles. The molecule has 2 aromatic rings. The summed E-state index contributed by atoms with van der Waals surface area (Å²) in [7, 11) is 0. The fraction of sp³-hybridized carbons (Fsp3) is 0.143. The van der Waals surface area contributed by atoms with Crippen LogP contribution in [0.2, 0.25) is 5.15 Å². The van der Waals surface area contributed by atoms with Gasteiger partial charge in [0.15, 0.2) is 0 Å². The predicted octanol–water partition coefficient (Wildman–Crippen LogP) is 4.23. The van der Waals surface area contributed by atoms with Crippen molar-refractivity contribution in [2.45, 2.75) is 6.92 Å². The first-order chi connectivity index (χ1) is 9.10. The highest BCUT2D eigenvalue weighted by Gasteiger charge is 2.04. The first-order valence-electron chi connectivity index (χ1n) is 5.71. The van der Waals surface area contributed by atoms with E-state index in [0.29, 0.717) is 17.3 Å². The molecule has 2 rings (SSSR count). The van der Waals surface area contributed by atoms with Gasteiger partial charge < -0.3 is 4.74 Å². The average Bonchev–Trinajstić information content (AvgIpc) is 2.37. The van der Waals surface area contributed by atoms with Crippen molar-refractivity contribution < 1.29 is 9.53 Å². The maximum atomic E-state index is 11.3. The molecule has 98 valence electrons. The molecule has 0 aliphatic carbocycles. The summed E-state index contributed by atoms with van der Waals surface area (Å²) in [5.74, 6) is -0.395. The van der Waals surface area contributed by atoms with Gasteiger partial charge in [0, 0.05) is 21.5 Å². The van der Waals surface area contributed by atoms with Gasteiger partial charge in [-0.25, -0.2) is 9.78 Å². The largest absolute Gasteiger partial charge is 0.463 e. The topological polar surface area (TPSA) is 39.2 Å². The summed E-state index contributed by atoms with van der Waals surface area (Å²) < 4.78 is 5.78. The second-order valence-electron chi connectivity index (χ2n) is 3.79. The molecule has 0 saturated carbocycles. The number of nitrogens with zero attached hydrogens (tertiary/aromatic N) is 1. The monoisotopic (exact) mass is 339 g/mol. The predicted molar refractivity (Wildman–Crippen MR) is 80.1 cm³/mol. The van der Waals surface area contributed by atoms with Crippen molar-refractivity contribution in [1.82, 2.24) is 4.98 Å². The van der Waals surface area contributed by atoms with Gasteiger partial charge in [-0.2, -0.15) is 0 Å². The molecule has 0 radical (unpaired) electrons. The van der Waals surface area contributed by atoms with E-state index in [-0.39, 0.29) is 0 Å². The van der Waals surface area contributed by atoms with E-state index in [4.69, 9.17) is 16.3 Å². The quantitative estimate of drug-likeness (QED) is 0.477. The van der Waals surface area contributed by atoms with Crippen molar-refractivity contribution in [1.29, 1.82) is 0 Å². The zero-order valence-corrected chi connectivity index (χ0v) is 12.5. The molecule has 0 aliphatic heterocycles. The van der Waals surface area contributed by atoms with Crippen LogP contribution in [-0.4, -0.2) is 17.6 Å². The van der Waals surface area contributed by atoms with E-state index < -0.39 is 5.97 Å². The third-order valence-corrected chi connectivity index (χ3v) is 3.24. The molecule has 0 unspecified atom stereocenters. The number of ether oxygens (including phenoxy) is 1. The van der Waals surface area contributed by atoms with E-state index in [0.717, 1.165) is 15.4 Å². The van der Waals surface area contributed by atoms with Gasteiger partial charge in [-0.15, -0.1) is 0 Å². The number of hydrogen-bond acceptors (Lipinski definition) is 3. The molecule has 0 saturated heterocycles. The third kappa shape index (κ3) is 3.55. The third-order valence-electron chi connectivity index (χ3n) is 2.44. The number of halogens is 2. The number of benzene rings is 1. The van der Waals surface area contributed by atoms with Gasteiger partial charge in [-0.05, 0) is 37.3 Å². The van der Waals surface area contributed by atoms with Crippen LogP contribution in [0.3, 0.4) is 0 Å². The first kappa shape index (κ1) is 14.0. The van der Waals surface area contributed by atoms with Gasteiger partial charge in [-0.1, -0.05) is 27.5 Å². The van der Waals surface area contributed by atoms with Crippen LogP contribution in [0.4, 0.5) is 0 Å². The Bertz CT molecular complexity index is 655. The minimum atomic E-state index is -0.395. The lowest BCUT2D eigenvalue weighted by atomic mass is 10.1. The fourth-order valence-corrected chi connectivity index (χ4v) is 2.19. The van der Waals surface area contributed by atoms with Crippen LogP contribution >= 0.6 is 27.5 Å². The molecule has 19 heavy (non-hydrogen) atoms. The van der Waals surface area contributed by atoms with E-state index in [1.54, 1.807) is 13.0 Å². The lowest BCUT2D eigenvalue weighted by Crippen LogP contribution is -1.98. The Kier molecular flexibility index (Phi) is 4.56. The van der Waals surface area contributed by atoms with Crippen molar-refractivity contribution in [2.24, 2.45) is 0 Å². The molecule has 0 N–H and O–H groups in total. The Hall–Kier alpha value is -1.39. The lowest BCUT2D eigenvalue weighted by Gasteiger charge is -2.03. The van der Waals surface area contributed by atoms with Gasteiger partial charge in [0.05, 0.1) is 12.1 Å². The summed E-state index contributed by atoms with van der Waals surface area (Å²) >= 11 is 9.48. The normalized spacial score (nSPS) is 11.1. The maximum Gasteiger partial charge on any atom is 0.330 e. The summed E-state index contributed by atoms with van der Waals surface area (Å²) in [4.78, 5) is 15.5. The highest BCUT2D eigenvalue weighted by Crippen LogP contribution is 2.24. The summed E-state index contributed by atoms with van der Waals surface area (Å²) in [6.45, 7) is 2.10. The number of aromatic nitrogens is 1. The summed E-state index contributed by atoms with van der Waals surface area (Å²) in [6, 6.07) is 7.61. The Morgan fingerprint density at radius 2 is 2.26 bits per heavy atom. The Balaban J connectivity index is 2.38. The molecular formula is C14H11BrClNO2. The molecule has 3 nitrogen and oxygen atoms in total. The van der Waals surface area contributed by atoms with Crippen LogP contribution in [0.5, 0.6) is 0 Å².